The topological polar surface area (TPSA) is 28.2 Å². The molecule has 2 aliphatic heterocycles. The molecule has 17 heavy (non-hydrogen) atoms. The number of fused-ring (bicyclic) bond motifs is 2. The van der Waals surface area contributed by atoms with Crippen LogP contribution in [0.3, 0.4) is 0 Å². The maximum atomic E-state index is 4.65. The van der Waals surface area contributed by atoms with Gasteiger partial charge in [-0.1, -0.05) is 0 Å². The fraction of sp³-hybridized carbons (Fsp3) is 0.769. The highest BCUT2D eigenvalue weighted by Crippen LogP contribution is 2.45. The van der Waals surface area contributed by atoms with Crippen molar-refractivity contribution in [2.45, 2.75) is 37.3 Å². The standard InChI is InChI=1S/C13H19N3S/c1-2-11(1)15-13(12-14-5-8-17-12)4-7-16-6-3-10(13)9-16/h5,8,10-11,15H,1-4,6-7,9H2. The Morgan fingerprint density at radius 3 is 3.06 bits per heavy atom. The summed E-state index contributed by atoms with van der Waals surface area (Å²) in [7, 11) is 0. The summed E-state index contributed by atoms with van der Waals surface area (Å²) in [5, 5.41) is 7.43. The average Bonchev–Trinajstić information content (AvgIpc) is 2.86. The van der Waals surface area contributed by atoms with Gasteiger partial charge in [0.05, 0.1) is 5.54 Å². The molecule has 0 spiro atoms. The molecule has 3 aliphatic rings. The molecule has 0 aromatic carbocycles. The number of piperidine rings is 1. The van der Waals surface area contributed by atoms with Crippen molar-refractivity contribution in [2.75, 3.05) is 19.6 Å². The summed E-state index contributed by atoms with van der Waals surface area (Å²) in [6.07, 6.45) is 7.30. The zero-order valence-electron chi connectivity index (χ0n) is 10.1. The molecule has 1 aromatic heterocycles. The van der Waals surface area contributed by atoms with Crippen LogP contribution in [0.15, 0.2) is 11.6 Å². The van der Waals surface area contributed by atoms with Crippen LogP contribution in [-0.2, 0) is 5.54 Å². The predicted octanol–water partition coefficient (Wildman–Crippen LogP) is 1.82. The highest BCUT2D eigenvalue weighted by atomic mass is 32.1. The number of hydrogen-bond donors (Lipinski definition) is 1. The highest BCUT2D eigenvalue weighted by Gasteiger charge is 2.50. The van der Waals surface area contributed by atoms with E-state index in [-0.39, 0.29) is 5.54 Å². The van der Waals surface area contributed by atoms with Gasteiger partial charge in [0.2, 0.25) is 0 Å². The molecular formula is C13H19N3S. The van der Waals surface area contributed by atoms with Gasteiger partial charge in [-0.2, -0.15) is 0 Å². The Balaban J connectivity index is 1.71. The lowest BCUT2D eigenvalue weighted by atomic mass is 9.79. The van der Waals surface area contributed by atoms with Crippen molar-refractivity contribution >= 4 is 11.3 Å². The number of nitrogens with zero attached hydrogens (tertiary/aromatic N) is 2. The largest absolute Gasteiger partial charge is 0.303 e. The molecule has 4 heteroatoms. The molecule has 4 rings (SSSR count). The molecule has 1 N–H and O–H groups in total. The minimum absolute atomic E-state index is 0.211. The second-order valence-corrected chi connectivity index (χ2v) is 6.66. The van der Waals surface area contributed by atoms with Crippen LogP contribution < -0.4 is 5.32 Å². The summed E-state index contributed by atoms with van der Waals surface area (Å²) in [4.78, 5) is 7.26. The van der Waals surface area contributed by atoms with E-state index in [1.165, 1.54) is 50.3 Å². The Bertz CT molecular complexity index is 401. The van der Waals surface area contributed by atoms with E-state index < -0.39 is 0 Å². The lowest BCUT2D eigenvalue weighted by Crippen LogP contribution is -2.54. The zero-order chi connectivity index (χ0) is 11.3. The van der Waals surface area contributed by atoms with Crippen LogP contribution in [0.2, 0.25) is 0 Å². The van der Waals surface area contributed by atoms with Crippen LogP contribution in [-0.4, -0.2) is 35.6 Å². The molecule has 3 atom stereocenters. The van der Waals surface area contributed by atoms with E-state index >= 15 is 0 Å². The molecule has 3 heterocycles. The Kier molecular flexibility index (Phi) is 2.32. The van der Waals surface area contributed by atoms with E-state index in [0.29, 0.717) is 0 Å². The second kappa shape index (κ2) is 3.77. The molecule has 0 amide bonds. The molecule has 92 valence electrons. The Morgan fingerprint density at radius 2 is 2.29 bits per heavy atom. The first kappa shape index (κ1) is 10.5. The first-order valence-corrected chi connectivity index (χ1v) is 7.65. The lowest BCUT2D eigenvalue weighted by Gasteiger charge is -2.42. The van der Waals surface area contributed by atoms with Gasteiger partial charge in [0.25, 0.3) is 0 Å². The van der Waals surface area contributed by atoms with Crippen molar-refractivity contribution < 1.29 is 0 Å². The lowest BCUT2D eigenvalue weighted by molar-refractivity contribution is 0.127. The minimum atomic E-state index is 0.211. The predicted molar refractivity (Wildman–Crippen MR) is 69.1 cm³/mol. The van der Waals surface area contributed by atoms with Gasteiger partial charge in [0, 0.05) is 30.7 Å². The van der Waals surface area contributed by atoms with Crippen molar-refractivity contribution in [3.63, 3.8) is 0 Å². The highest BCUT2D eigenvalue weighted by molar-refractivity contribution is 7.09. The summed E-state index contributed by atoms with van der Waals surface area (Å²) in [6, 6.07) is 0.769. The van der Waals surface area contributed by atoms with Crippen LogP contribution in [0.4, 0.5) is 0 Å². The van der Waals surface area contributed by atoms with E-state index in [1.807, 2.05) is 17.5 Å². The van der Waals surface area contributed by atoms with E-state index in [4.69, 9.17) is 0 Å². The van der Waals surface area contributed by atoms with Crippen LogP contribution >= 0.6 is 11.3 Å². The number of thiazole rings is 1. The fourth-order valence-electron chi connectivity index (χ4n) is 3.55. The first-order chi connectivity index (χ1) is 8.37. The average molecular weight is 249 g/mol. The molecular weight excluding hydrogens is 230 g/mol. The van der Waals surface area contributed by atoms with Gasteiger partial charge in [0.15, 0.2) is 0 Å². The Hall–Kier alpha value is -0.450. The first-order valence-electron chi connectivity index (χ1n) is 6.77. The molecule has 1 aromatic rings. The van der Waals surface area contributed by atoms with Gasteiger partial charge in [0.1, 0.15) is 5.01 Å². The second-order valence-electron chi connectivity index (χ2n) is 5.76. The van der Waals surface area contributed by atoms with Crippen molar-refractivity contribution in [2.24, 2.45) is 5.92 Å². The van der Waals surface area contributed by atoms with Crippen molar-refractivity contribution in [1.29, 1.82) is 0 Å². The van der Waals surface area contributed by atoms with E-state index in [9.17, 15) is 0 Å². The van der Waals surface area contributed by atoms with Gasteiger partial charge in [-0.15, -0.1) is 11.3 Å². The number of nitrogens with one attached hydrogen (secondary N) is 1. The Morgan fingerprint density at radius 1 is 1.35 bits per heavy atom. The van der Waals surface area contributed by atoms with E-state index in [0.717, 1.165) is 12.0 Å². The van der Waals surface area contributed by atoms with Gasteiger partial charge < -0.3 is 10.2 Å². The van der Waals surface area contributed by atoms with Crippen molar-refractivity contribution in [3.05, 3.63) is 16.6 Å². The number of rotatable bonds is 3. The maximum absolute atomic E-state index is 4.65. The van der Waals surface area contributed by atoms with Crippen molar-refractivity contribution in [3.8, 4) is 0 Å². The minimum Gasteiger partial charge on any atom is -0.303 e. The maximum Gasteiger partial charge on any atom is 0.113 e. The normalized spacial score (nSPS) is 40.7. The van der Waals surface area contributed by atoms with Crippen LogP contribution in [0.25, 0.3) is 0 Å². The molecule has 0 radical (unpaired) electrons. The molecule has 3 unspecified atom stereocenters. The zero-order valence-corrected chi connectivity index (χ0v) is 10.9. The smallest absolute Gasteiger partial charge is 0.113 e. The van der Waals surface area contributed by atoms with Gasteiger partial charge in [-0.25, -0.2) is 4.98 Å². The summed E-state index contributed by atoms with van der Waals surface area (Å²) in [5.41, 5.74) is 0.211. The van der Waals surface area contributed by atoms with Crippen LogP contribution in [0.5, 0.6) is 0 Å². The summed E-state index contributed by atoms with van der Waals surface area (Å²) < 4.78 is 0. The van der Waals surface area contributed by atoms with Gasteiger partial charge >= 0.3 is 0 Å². The molecule has 1 aliphatic carbocycles. The number of hydrogen-bond acceptors (Lipinski definition) is 4. The summed E-state index contributed by atoms with van der Waals surface area (Å²) in [6.45, 7) is 3.82. The molecule has 3 fully saturated rings. The van der Waals surface area contributed by atoms with E-state index in [1.54, 1.807) is 0 Å². The SMILES string of the molecule is c1csc(C2(NC3CC3)CCN3CCC2C3)n1. The summed E-state index contributed by atoms with van der Waals surface area (Å²) >= 11 is 1.84. The van der Waals surface area contributed by atoms with Crippen LogP contribution in [0.1, 0.15) is 30.7 Å². The quantitative estimate of drug-likeness (QED) is 0.885. The number of aromatic nitrogens is 1. The van der Waals surface area contributed by atoms with Gasteiger partial charge in [-0.3, -0.25) is 0 Å². The third kappa shape index (κ3) is 1.65. The van der Waals surface area contributed by atoms with E-state index in [2.05, 4.69) is 20.6 Å². The Labute approximate surface area is 106 Å². The fourth-order valence-corrected chi connectivity index (χ4v) is 4.46. The molecule has 2 bridgehead atoms. The molecule has 1 saturated carbocycles. The third-order valence-electron chi connectivity index (χ3n) is 4.64. The van der Waals surface area contributed by atoms with Crippen LogP contribution in [0, 0.1) is 5.92 Å². The monoisotopic (exact) mass is 249 g/mol. The summed E-state index contributed by atoms with van der Waals surface area (Å²) in [5.74, 6) is 0.781. The third-order valence-corrected chi connectivity index (χ3v) is 5.60. The van der Waals surface area contributed by atoms with Gasteiger partial charge in [-0.05, 0) is 38.1 Å². The van der Waals surface area contributed by atoms with Crippen molar-refractivity contribution in [1.82, 2.24) is 15.2 Å². The molecule has 2 saturated heterocycles. The molecule has 3 nitrogen and oxygen atoms in total.